The zero-order chi connectivity index (χ0) is 14.2. The van der Waals surface area contributed by atoms with Crippen molar-refractivity contribution in [3.05, 3.63) is 0 Å². The van der Waals surface area contributed by atoms with Crippen LogP contribution in [0.15, 0.2) is 0 Å². The third-order valence-corrected chi connectivity index (χ3v) is 5.51. The molecule has 0 aromatic carbocycles. The van der Waals surface area contributed by atoms with E-state index in [1.807, 2.05) is 11.2 Å². The van der Waals surface area contributed by atoms with Gasteiger partial charge < -0.3 is 9.80 Å². The highest BCUT2D eigenvalue weighted by molar-refractivity contribution is 7.99. The molecule has 2 saturated heterocycles. The summed E-state index contributed by atoms with van der Waals surface area (Å²) >= 11 is 1.56. The molecule has 20 heavy (non-hydrogen) atoms. The molecule has 112 valence electrons. The second-order valence-corrected chi connectivity index (χ2v) is 7.44. The predicted octanol–water partition coefficient (Wildman–Crippen LogP) is 1.60. The first-order valence-corrected chi connectivity index (χ1v) is 9.10. The van der Waals surface area contributed by atoms with Crippen molar-refractivity contribution in [2.24, 2.45) is 11.3 Å². The van der Waals surface area contributed by atoms with Gasteiger partial charge in [-0.25, -0.2) is 0 Å². The normalized spacial score (nSPS) is 30.4. The Morgan fingerprint density at radius 1 is 1.35 bits per heavy atom. The Hall–Kier alpha value is -0.710. The highest BCUT2D eigenvalue weighted by Crippen LogP contribution is 2.41. The molecule has 3 aliphatic rings. The maximum Gasteiger partial charge on any atom is 0.232 e. The van der Waals surface area contributed by atoms with Gasteiger partial charge in [0, 0.05) is 26.2 Å². The fourth-order valence-electron chi connectivity index (χ4n) is 3.62. The molecule has 1 aliphatic carbocycles. The average Bonchev–Trinajstić information content (AvgIpc) is 3.14. The van der Waals surface area contributed by atoms with Crippen molar-refractivity contribution in [1.29, 1.82) is 0 Å². The molecule has 1 atom stereocenters. The second-order valence-electron chi connectivity index (χ2n) is 6.58. The zero-order valence-corrected chi connectivity index (χ0v) is 13.1. The molecule has 3 rings (SSSR count). The van der Waals surface area contributed by atoms with E-state index in [0.29, 0.717) is 18.2 Å². The van der Waals surface area contributed by atoms with Crippen LogP contribution in [-0.4, -0.2) is 59.8 Å². The van der Waals surface area contributed by atoms with Gasteiger partial charge in [0.1, 0.15) is 0 Å². The molecule has 3 fully saturated rings. The Kier molecular flexibility index (Phi) is 3.98. The van der Waals surface area contributed by atoms with E-state index in [4.69, 9.17) is 0 Å². The number of rotatable bonds is 4. The van der Waals surface area contributed by atoms with E-state index in [1.165, 1.54) is 12.8 Å². The molecule has 1 saturated carbocycles. The molecule has 0 radical (unpaired) electrons. The van der Waals surface area contributed by atoms with Crippen molar-refractivity contribution in [1.82, 2.24) is 9.80 Å². The molecule has 2 aliphatic heterocycles. The minimum atomic E-state index is -0.249. The van der Waals surface area contributed by atoms with Crippen molar-refractivity contribution >= 4 is 23.6 Å². The lowest BCUT2D eigenvalue weighted by Gasteiger charge is -2.39. The molecule has 0 aromatic heterocycles. The summed E-state index contributed by atoms with van der Waals surface area (Å²) in [4.78, 5) is 28.8. The summed E-state index contributed by atoms with van der Waals surface area (Å²) in [6.45, 7) is 3.31. The highest BCUT2D eigenvalue weighted by Gasteiger charge is 2.49. The fraction of sp³-hybridized carbons (Fsp3) is 0.867. The highest BCUT2D eigenvalue weighted by atomic mass is 32.2. The second kappa shape index (κ2) is 5.58. The molecule has 2 amide bonds. The predicted molar refractivity (Wildman–Crippen MR) is 80.6 cm³/mol. The molecule has 1 spiro atoms. The van der Waals surface area contributed by atoms with E-state index in [1.54, 1.807) is 11.8 Å². The first-order chi connectivity index (χ1) is 9.64. The van der Waals surface area contributed by atoms with Crippen LogP contribution in [0.1, 0.15) is 32.1 Å². The van der Waals surface area contributed by atoms with Gasteiger partial charge in [-0.3, -0.25) is 9.59 Å². The van der Waals surface area contributed by atoms with Gasteiger partial charge in [-0.1, -0.05) is 0 Å². The topological polar surface area (TPSA) is 40.6 Å². The monoisotopic (exact) mass is 296 g/mol. The van der Waals surface area contributed by atoms with Gasteiger partial charge in [0.25, 0.3) is 0 Å². The quantitative estimate of drug-likeness (QED) is 0.791. The van der Waals surface area contributed by atoms with Gasteiger partial charge in [-0.2, -0.15) is 11.8 Å². The Labute approximate surface area is 125 Å². The first-order valence-electron chi connectivity index (χ1n) is 7.71. The van der Waals surface area contributed by atoms with Crippen LogP contribution in [-0.2, 0) is 9.59 Å². The SMILES string of the molecule is CSCC(=O)N1CC[C@@]2(CCCN(CC3CC3)C2=O)C1. The van der Waals surface area contributed by atoms with Crippen molar-refractivity contribution in [2.45, 2.75) is 32.1 Å². The summed E-state index contributed by atoms with van der Waals surface area (Å²) in [5.41, 5.74) is -0.249. The number of likely N-dealkylation sites (tertiary alicyclic amines) is 2. The molecule has 0 bridgehead atoms. The lowest BCUT2D eigenvalue weighted by molar-refractivity contribution is -0.146. The summed E-state index contributed by atoms with van der Waals surface area (Å²) in [5.74, 6) is 1.82. The number of hydrogen-bond donors (Lipinski definition) is 0. The summed E-state index contributed by atoms with van der Waals surface area (Å²) < 4.78 is 0. The van der Waals surface area contributed by atoms with Crippen molar-refractivity contribution in [2.75, 3.05) is 38.2 Å². The third kappa shape index (κ3) is 2.69. The van der Waals surface area contributed by atoms with E-state index in [2.05, 4.69) is 4.90 Å². The van der Waals surface area contributed by atoms with Crippen LogP contribution in [0.2, 0.25) is 0 Å². The average molecular weight is 296 g/mol. The molecule has 0 N–H and O–H groups in total. The van der Waals surface area contributed by atoms with E-state index in [0.717, 1.165) is 44.8 Å². The number of carbonyl (C=O) groups excluding carboxylic acids is 2. The number of thioether (sulfide) groups is 1. The molecule has 5 heteroatoms. The van der Waals surface area contributed by atoms with Crippen molar-refractivity contribution < 1.29 is 9.59 Å². The molecule has 0 aromatic rings. The van der Waals surface area contributed by atoms with Crippen LogP contribution in [0, 0.1) is 11.3 Å². The fourth-order valence-corrected chi connectivity index (χ4v) is 4.05. The van der Waals surface area contributed by atoms with Crippen LogP contribution in [0.3, 0.4) is 0 Å². The smallest absolute Gasteiger partial charge is 0.232 e. The Morgan fingerprint density at radius 2 is 2.15 bits per heavy atom. The van der Waals surface area contributed by atoms with Crippen molar-refractivity contribution in [3.8, 4) is 0 Å². The van der Waals surface area contributed by atoms with Crippen LogP contribution in [0.25, 0.3) is 0 Å². The molecule has 2 heterocycles. The van der Waals surface area contributed by atoms with Crippen LogP contribution >= 0.6 is 11.8 Å². The molecular formula is C15H24N2O2S. The Balaban J connectivity index is 1.65. The lowest BCUT2D eigenvalue weighted by Crippen LogP contribution is -2.51. The van der Waals surface area contributed by atoms with Gasteiger partial charge in [0.2, 0.25) is 11.8 Å². The van der Waals surface area contributed by atoms with Gasteiger partial charge in [0.05, 0.1) is 11.2 Å². The van der Waals surface area contributed by atoms with Gasteiger partial charge in [0.15, 0.2) is 0 Å². The Morgan fingerprint density at radius 3 is 2.85 bits per heavy atom. The third-order valence-electron chi connectivity index (χ3n) is 4.97. The minimum Gasteiger partial charge on any atom is -0.342 e. The maximum absolute atomic E-state index is 12.8. The van der Waals surface area contributed by atoms with Crippen LogP contribution in [0.4, 0.5) is 0 Å². The number of nitrogens with zero attached hydrogens (tertiary/aromatic N) is 2. The number of carbonyl (C=O) groups is 2. The molecular weight excluding hydrogens is 272 g/mol. The number of piperidine rings is 1. The number of hydrogen-bond acceptors (Lipinski definition) is 3. The van der Waals surface area contributed by atoms with Gasteiger partial charge >= 0.3 is 0 Å². The summed E-state index contributed by atoms with van der Waals surface area (Å²) in [7, 11) is 0. The number of amides is 2. The summed E-state index contributed by atoms with van der Waals surface area (Å²) in [5, 5.41) is 0. The van der Waals surface area contributed by atoms with E-state index >= 15 is 0 Å². The van der Waals surface area contributed by atoms with E-state index in [-0.39, 0.29) is 11.3 Å². The van der Waals surface area contributed by atoms with Gasteiger partial charge in [-0.05, 0) is 44.3 Å². The standard InChI is InChI=1S/C15H24N2O2S/c1-20-10-13(18)17-8-6-15(11-17)5-2-7-16(14(15)19)9-12-3-4-12/h12H,2-11H2,1H3/t15-/m0/s1. The van der Waals surface area contributed by atoms with Gasteiger partial charge in [-0.15, -0.1) is 0 Å². The van der Waals surface area contributed by atoms with E-state index in [9.17, 15) is 9.59 Å². The minimum absolute atomic E-state index is 0.196. The zero-order valence-electron chi connectivity index (χ0n) is 12.3. The van der Waals surface area contributed by atoms with Crippen LogP contribution < -0.4 is 0 Å². The van der Waals surface area contributed by atoms with Crippen molar-refractivity contribution in [3.63, 3.8) is 0 Å². The Bertz CT molecular complexity index is 411. The summed E-state index contributed by atoms with van der Waals surface area (Å²) in [6.07, 6.45) is 7.46. The largest absolute Gasteiger partial charge is 0.342 e. The van der Waals surface area contributed by atoms with Crippen LogP contribution in [0.5, 0.6) is 0 Å². The first kappa shape index (κ1) is 14.2. The maximum atomic E-state index is 12.8. The molecule has 4 nitrogen and oxygen atoms in total. The molecule has 0 unspecified atom stereocenters. The van der Waals surface area contributed by atoms with E-state index < -0.39 is 0 Å². The summed E-state index contributed by atoms with van der Waals surface area (Å²) in [6, 6.07) is 0. The lowest BCUT2D eigenvalue weighted by atomic mass is 9.78.